The third-order valence-electron chi connectivity index (χ3n) is 6.28. The van der Waals surface area contributed by atoms with Gasteiger partial charge >= 0.3 is 0 Å². The molecule has 0 atom stereocenters. The number of nitrogens with one attached hydrogen (secondary N) is 1. The Hall–Kier alpha value is -1.56. The molecule has 2 aromatic heterocycles. The number of hydrogen-bond acceptors (Lipinski definition) is 3. The van der Waals surface area contributed by atoms with Crippen LogP contribution in [0.25, 0.3) is 17.0 Å². The first-order valence-corrected chi connectivity index (χ1v) is 12.5. The van der Waals surface area contributed by atoms with Crippen molar-refractivity contribution in [3.63, 3.8) is 0 Å². The number of allylic oxidation sites excluding steroid dienone is 1. The van der Waals surface area contributed by atoms with E-state index in [4.69, 9.17) is 0 Å². The van der Waals surface area contributed by atoms with Crippen molar-refractivity contribution in [3.05, 3.63) is 62.0 Å². The largest absolute Gasteiger partial charge is 0.370 e. The van der Waals surface area contributed by atoms with Crippen LogP contribution in [0.5, 0.6) is 0 Å². The molecule has 0 aliphatic carbocycles. The predicted octanol–water partition coefficient (Wildman–Crippen LogP) is 6.27. The lowest BCUT2D eigenvalue weighted by molar-refractivity contribution is 0.211. The molecule has 2 aliphatic rings. The Morgan fingerprint density at radius 3 is 2.79 bits per heavy atom. The third-order valence-corrected chi connectivity index (χ3v) is 7.51. The van der Waals surface area contributed by atoms with Crippen molar-refractivity contribution in [2.45, 2.75) is 38.6 Å². The third kappa shape index (κ3) is 4.32. The van der Waals surface area contributed by atoms with Crippen molar-refractivity contribution < 1.29 is 0 Å². The highest BCUT2D eigenvalue weighted by Crippen LogP contribution is 2.33. The van der Waals surface area contributed by atoms with Gasteiger partial charge in [-0.15, -0.1) is 0 Å². The molecule has 0 saturated carbocycles. The van der Waals surface area contributed by atoms with Crippen LogP contribution < -0.4 is 0 Å². The summed E-state index contributed by atoms with van der Waals surface area (Å²) in [5.74, 6) is 0. The first-order chi connectivity index (χ1) is 14.3. The molecule has 0 radical (unpaired) electrons. The van der Waals surface area contributed by atoms with Gasteiger partial charge in [0.15, 0.2) is 0 Å². The molecule has 3 nitrogen and oxygen atoms in total. The van der Waals surface area contributed by atoms with Crippen molar-refractivity contribution in [1.29, 1.82) is 0 Å². The number of nitrogens with zero attached hydrogens (tertiary/aromatic N) is 2. The molecule has 29 heavy (non-hydrogen) atoms. The lowest BCUT2D eigenvalue weighted by Crippen LogP contribution is -2.34. The Bertz CT molecular complexity index is 999. The van der Waals surface area contributed by atoms with E-state index >= 15 is 0 Å². The van der Waals surface area contributed by atoms with Crippen LogP contribution in [0.1, 0.15) is 42.5 Å². The standard InChI is InChI=1S/C24H28BrN3S/c25-19-5-6-21-22-16-28(11-4-10-27-8-2-1-3-9-27)20(13-18-7-12-29-17-18)15-24(22)26-23(21)14-19/h5-7,12,14-15,17,26H,1-4,8-11,13,16H2. The Balaban J connectivity index is 1.37. The van der Waals surface area contributed by atoms with Crippen LogP contribution in [0.15, 0.2) is 45.2 Å². The van der Waals surface area contributed by atoms with Crippen LogP contribution in [0.3, 0.4) is 0 Å². The smallest absolute Gasteiger partial charge is 0.0473 e. The van der Waals surface area contributed by atoms with Crippen molar-refractivity contribution in [2.75, 3.05) is 26.2 Å². The van der Waals surface area contributed by atoms with E-state index in [9.17, 15) is 0 Å². The highest BCUT2D eigenvalue weighted by Gasteiger charge is 2.22. The molecule has 0 unspecified atom stereocenters. The molecule has 4 heterocycles. The number of thiophene rings is 1. The Kier molecular flexibility index (Phi) is 5.80. The summed E-state index contributed by atoms with van der Waals surface area (Å²) in [5, 5.41) is 5.82. The van der Waals surface area contributed by atoms with E-state index in [0.717, 1.165) is 24.0 Å². The normalized spacial score (nSPS) is 17.6. The number of rotatable bonds is 6. The fourth-order valence-electron chi connectivity index (χ4n) is 4.75. The second-order valence-corrected chi connectivity index (χ2v) is 10.0. The fraction of sp³-hybridized carbons (Fsp3) is 0.417. The average Bonchev–Trinajstić information content (AvgIpc) is 3.36. The summed E-state index contributed by atoms with van der Waals surface area (Å²) in [6.45, 7) is 5.95. The molecule has 152 valence electrons. The van der Waals surface area contributed by atoms with Crippen molar-refractivity contribution in [3.8, 4) is 0 Å². The number of halogens is 1. The molecule has 0 amide bonds. The number of aromatic amines is 1. The average molecular weight is 470 g/mol. The number of likely N-dealkylation sites (tertiary alicyclic amines) is 1. The van der Waals surface area contributed by atoms with Crippen LogP contribution in [0.4, 0.5) is 0 Å². The van der Waals surface area contributed by atoms with Gasteiger partial charge in [-0.25, -0.2) is 0 Å². The van der Waals surface area contributed by atoms with Crippen LogP contribution in [-0.2, 0) is 13.0 Å². The topological polar surface area (TPSA) is 22.3 Å². The number of hydrogen-bond donors (Lipinski definition) is 1. The Labute approximate surface area is 185 Å². The molecule has 0 bridgehead atoms. The van der Waals surface area contributed by atoms with Crippen molar-refractivity contribution in [1.82, 2.24) is 14.8 Å². The molecular weight excluding hydrogens is 442 g/mol. The van der Waals surface area contributed by atoms with E-state index in [1.54, 1.807) is 11.3 Å². The van der Waals surface area contributed by atoms with Crippen LogP contribution >= 0.6 is 27.3 Å². The quantitative estimate of drug-likeness (QED) is 0.459. The SMILES string of the molecule is Brc1ccc2c3c([nH]c2c1)C=C(Cc1ccsc1)N(CCCN1CCCCC1)C3. The number of fused-ring (bicyclic) bond motifs is 3. The first kappa shape index (κ1) is 19.4. The zero-order chi connectivity index (χ0) is 19.6. The summed E-state index contributed by atoms with van der Waals surface area (Å²) in [4.78, 5) is 8.94. The number of aromatic nitrogens is 1. The Morgan fingerprint density at radius 1 is 1.07 bits per heavy atom. The minimum absolute atomic E-state index is 1.01. The minimum Gasteiger partial charge on any atom is -0.370 e. The minimum atomic E-state index is 1.01. The lowest BCUT2D eigenvalue weighted by Gasteiger charge is -2.33. The summed E-state index contributed by atoms with van der Waals surface area (Å²) >= 11 is 5.40. The molecule has 1 saturated heterocycles. The predicted molar refractivity (Wildman–Crippen MR) is 127 cm³/mol. The van der Waals surface area contributed by atoms with Gasteiger partial charge in [-0.3, -0.25) is 0 Å². The molecule has 3 aromatic rings. The molecule has 5 heteroatoms. The van der Waals surface area contributed by atoms with Crippen LogP contribution in [0, 0.1) is 0 Å². The second kappa shape index (κ2) is 8.66. The van der Waals surface area contributed by atoms with Crippen LogP contribution in [-0.4, -0.2) is 41.0 Å². The molecule has 5 rings (SSSR count). The van der Waals surface area contributed by atoms with Crippen LogP contribution in [0.2, 0.25) is 0 Å². The maximum absolute atomic E-state index is 3.66. The van der Waals surface area contributed by atoms with E-state index in [-0.39, 0.29) is 0 Å². The van der Waals surface area contributed by atoms with Gasteiger partial charge in [0.2, 0.25) is 0 Å². The highest BCUT2D eigenvalue weighted by molar-refractivity contribution is 9.10. The Morgan fingerprint density at radius 2 is 1.97 bits per heavy atom. The number of benzene rings is 1. The van der Waals surface area contributed by atoms with Crippen molar-refractivity contribution >= 4 is 44.2 Å². The van der Waals surface area contributed by atoms with Gasteiger partial charge in [0.1, 0.15) is 0 Å². The van der Waals surface area contributed by atoms with Gasteiger partial charge < -0.3 is 14.8 Å². The highest BCUT2D eigenvalue weighted by atomic mass is 79.9. The lowest BCUT2D eigenvalue weighted by atomic mass is 10.0. The molecule has 1 aromatic carbocycles. The van der Waals surface area contributed by atoms with E-state index < -0.39 is 0 Å². The van der Waals surface area contributed by atoms with E-state index in [1.165, 1.54) is 78.7 Å². The summed E-state index contributed by atoms with van der Waals surface area (Å²) in [7, 11) is 0. The molecule has 0 spiro atoms. The van der Waals surface area contributed by atoms with E-state index in [0.29, 0.717) is 0 Å². The molecule has 2 aliphatic heterocycles. The van der Waals surface area contributed by atoms with Gasteiger partial charge in [-0.1, -0.05) is 28.4 Å². The maximum Gasteiger partial charge on any atom is 0.0473 e. The summed E-state index contributed by atoms with van der Waals surface area (Å²) in [6, 6.07) is 8.86. The van der Waals surface area contributed by atoms with Gasteiger partial charge in [0, 0.05) is 51.8 Å². The van der Waals surface area contributed by atoms with Gasteiger partial charge in [0.25, 0.3) is 0 Å². The van der Waals surface area contributed by atoms with Gasteiger partial charge in [-0.05, 0) is 79.5 Å². The zero-order valence-corrected chi connectivity index (χ0v) is 19.2. The summed E-state index contributed by atoms with van der Waals surface area (Å²) in [6.07, 6.45) is 8.82. The van der Waals surface area contributed by atoms with E-state index in [1.807, 2.05) is 0 Å². The maximum atomic E-state index is 3.66. The number of H-pyrrole nitrogens is 1. The van der Waals surface area contributed by atoms with Gasteiger partial charge in [0.05, 0.1) is 0 Å². The monoisotopic (exact) mass is 469 g/mol. The molecular formula is C24H28BrN3S. The molecule has 1 N–H and O–H groups in total. The summed E-state index contributed by atoms with van der Waals surface area (Å²) in [5.41, 5.74) is 6.82. The fourth-order valence-corrected chi connectivity index (χ4v) is 5.78. The van der Waals surface area contributed by atoms with Crippen molar-refractivity contribution in [2.24, 2.45) is 0 Å². The summed E-state index contributed by atoms with van der Waals surface area (Å²) < 4.78 is 1.13. The first-order valence-electron chi connectivity index (χ1n) is 10.8. The molecule has 1 fully saturated rings. The zero-order valence-electron chi connectivity index (χ0n) is 16.8. The van der Waals surface area contributed by atoms with Gasteiger partial charge in [-0.2, -0.15) is 11.3 Å². The second-order valence-electron chi connectivity index (χ2n) is 8.33. The van der Waals surface area contributed by atoms with E-state index in [2.05, 4.69) is 71.8 Å². The number of piperidine rings is 1.